The molecule has 2 aromatic rings. The summed E-state index contributed by atoms with van der Waals surface area (Å²) >= 11 is 0.676. The molecule has 1 aliphatic rings. The van der Waals surface area contributed by atoms with E-state index in [4.69, 9.17) is 9.47 Å². The van der Waals surface area contributed by atoms with Crippen LogP contribution in [0, 0.1) is 0 Å². The number of carbonyl (C=O) groups is 3. The van der Waals surface area contributed by atoms with Crippen LogP contribution in [0.3, 0.4) is 0 Å². The summed E-state index contributed by atoms with van der Waals surface area (Å²) in [7, 11) is 0. The molecule has 1 fully saturated rings. The van der Waals surface area contributed by atoms with E-state index in [0.29, 0.717) is 35.4 Å². The highest BCUT2D eigenvalue weighted by atomic mass is 32.2. The number of carbonyl (C=O) groups excluding carboxylic acids is 3. The van der Waals surface area contributed by atoms with Gasteiger partial charge in [0.1, 0.15) is 12.3 Å². The van der Waals surface area contributed by atoms with Crippen LogP contribution in [0.5, 0.6) is 17.2 Å². The lowest BCUT2D eigenvalue weighted by atomic mass is 10.2. The van der Waals surface area contributed by atoms with E-state index in [1.54, 1.807) is 31.2 Å². The smallest absolute Gasteiger partial charge is 0.387 e. The number of nitrogens with zero attached hydrogens (tertiary/aromatic N) is 1. The number of anilines is 1. The summed E-state index contributed by atoms with van der Waals surface area (Å²) < 4.78 is 40.2. The molecule has 3 amide bonds. The average Bonchev–Trinajstić information content (AvgIpc) is 3.04. The Balaban J connectivity index is 1.68. The molecule has 1 saturated heterocycles. The maximum Gasteiger partial charge on any atom is 0.387 e. The van der Waals surface area contributed by atoms with Gasteiger partial charge in [0.2, 0.25) is 5.91 Å². The molecule has 0 unspecified atom stereocenters. The quantitative estimate of drug-likeness (QED) is 0.478. The van der Waals surface area contributed by atoms with Crippen LogP contribution in [0.4, 0.5) is 19.3 Å². The van der Waals surface area contributed by atoms with Gasteiger partial charge < -0.3 is 19.5 Å². The molecular weight excluding hydrogens is 470 g/mol. The van der Waals surface area contributed by atoms with Crippen molar-refractivity contribution in [3.63, 3.8) is 0 Å². The zero-order valence-electron chi connectivity index (χ0n) is 18.4. The monoisotopic (exact) mass is 492 g/mol. The molecule has 0 bridgehead atoms. The van der Waals surface area contributed by atoms with Gasteiger partial charge in [-0.05, 0) is 73.6 Å². The maximum absolute atomic E-state index is 12.7. The number of amides is 3. The summed E-state index contributed by atoms with van der Waals surface area (Å²) in [5.41, 5.74) is 0.930. The summed E-state index contributed by atoms with van der Waals surface area (Å²) in [5.74, 6) is -0.598. The number of imide groups is 1. The summed E-state index contributed by atoms with van der Waals surface area (Å²) in [5, 5.41) is 2.03. The van der Waals surface area contributed by atoms with Crippen LogP contribution in [0.1, 0.15) is 19.4 Å². The molecule has 34 heavy (non-hydrogen) atoms. The van der Waals surface area contributed by atoms with E-state index < -0.39 is 30.2 Å². The van der Waals surface area contributed by atoms with Crippen LogP contribution in [0.25, 0.3) is 6.08 Å². The Bertz CT molecular complexity index is 1090. The Kier molecular flexibility index (Phi) is 8.47. The fourth-order valence-corrected chi connectivity index (χ4v) is 3.85. The number of benzene rings is 2. The number of ether oxygens (including phenoxy) is 3. The summed E-state index contributed by atoms with van der Waals surface area (Å²) in [6.45, 7) is 0.788. The topological polar surface area (TPSA) is 94.2 Å². The van der Waals surface area contributed by atoms with Gasteiger partial charge in [0.15, 0.2) is 11.5 Å². The van der Waals surface area contributed by atoms with E-state index in [1.807, 2.05) is 6.92 Å². The van der Waals surface area contributed by atoms with Crippen molar-refractivity contribution in [1.82, 2.24) is 4.90 Å². The highest BCUT2D eigenvalue weighted by Gasteiger charge is 2.36. The Morgan fingerprint density at radius 3 is 2.41 bits per heavy atom. The van der Waals surface area contributed by atoms with Gasteiger partial charge in [-0.2, -0.15) is 8.78 Å². The number of alkyl halides is 2. The van der Waals surface area contributed by atoms with Crippen molar-refractivity contribution in [2.75, 3.05) is 25.1 Å². The molecule has 3 rings (SSSR count). The van der Waals surface area contributed by atoms with Crippen LogP contribution in [0.15, 0.2) is 47.4 Å². The van der Waals surface area contributed by atoms with Gasteiger partial charge in [0.25, 0.3) is 11.1 Å². The lowest BCUT2D eigenvalue weighted by Gasteiger charge is -2.13. The van der Waals surface area contributed by atoms with Crippen LogP contribution < -0.4 is 19.5 Å². The van der Waals surface area contributed by atoms with Gasteiger partial charge in [-0.3, -0.25) is 19.3 Å². The first-order chi connectivity index (χ1) is 16.3. The van der Waals surface area contributed by atoms with E-state index >= 15 is 0 Å². The zero-order chi connectivity index (χ0) is 24.7. The van der Waals surface area contributed by atoms with Gasteiger partial charge in [0.05, 0.1) is 18.1 Å². The molecule has 180 valence electrons. The molecule has 0 atom stereocenters. The molecule has 0 radical (unpaired) electrons. The van der Waals surface area contributed by atoms with Gasteiger partial charge in [-0.15, -0.1) is 0 Å². The summed E-state index contributed by atoms with van der Waals surface area (Å²) in [6.07, 6.45) is 1.42. The van der Waals surface area contributed by atoms with Gasteiger partial charge in [0, 0.05) is 5.69 Å². The van der Waals surface area contributed by atoms with Crippen molar-refractivity contribution in [3.05, 3.63) is 52.9 Å². The third-order valence-electron chi connectivity index (χ3n) is 4.41. The highest BCUT2D eigenvalue weighted by molar-refractivity contribution is 8.18. The number of nitrogens with one attached hydrogen (secondary N) is 1. The second-order valence-electron chi connectivity index (χ2n) is 6.79. The third kappa shape index (κ3) is 6.47. The molecule has 11 heteroatoms. The van der Waals surface area contributed by atoms with Crippen molar-refractivity contribution in [1.29, 1.82) is 0 Å². The van der Waals surface area contributed by atoms with Gasteiger partial charge >= 0.3 is 6.61 Å². The van der Waals surface area contributed by atoms with Crippen molar-refractivity contribution in [2.45, 2.75) is 20.5 Å². The lowest BCUT2D eigenvalue weighted by molar-refractivity contribution is -0.127. The molecule has 8 nitrogen and oxygen atoms in total. The third-order valence-corrected chi connectivity index (χ3v) is 5.31. The Morgan fingerprint density at radius 1 is 1.06 bits per heavy atom. The SMILES string of the molecule is CCOc1ccc(NC(=O)CN2C(=O)S/C(=C\c3ccc(OC(F)F)c(OCC)c3)C2=O)cc1. The lowest BCUT2D eigenvalue weighted by Crippen LogP contribution is -2.36. The molecule has 0 saturated carbocycles. The first-order valence-electron chi connectivity index (χ1n) is 10.3. The van der Waals surface area contributed by atoms with Crippen molar-refractivity contribution < 1.29 is 37.4 Å². The van der Waals surface area contributed by atoms with E-state index in [9.17, 15) is 23.2 Å². The minimum absolute atomic E-state index is 0.0745. The molecule has 0 spiro atoms. The average molecular weight is 493 g/mol. The normalized spacial score (nSPS) is 14.6. The highest BCUT2D eigenvalue weighted by Crippen LogP contribution is 2.35. The molecule has 1 aliphatic heterocycles. The fourth-order valence-electron chi connectivity index (χ4n) is 3.01. The van der Waals surface area contributed by atoms with Crippen molar-refractivity contribution in [2.24, 2.45) is 0 Å². The molecule has 0 aromatic heterocycles. The molecule has 1 heterocycles. The van der Waals surface area contributed by atoms with Crippen molar-refractivity contribution in [3.8, 4) is 17.2 Å². The molecule has 0 aliphatic carbocycles. The number of hydrogen-bond donors (Lipinski definition) is 1. The first-order valence-corrected chi connectivity index (χ1v) is 11.1. The summed E-state index contributed by atoms with van der Waals surface area (Å²) in [4.78, 5) is 38.3. The second kappa shape index (κ2) is 11.5. The number of rotatable bonds is 10. The largest absolute Gasteiger partial charge is 0.494 e. The standard InChI is InChI=1S/C23H22F2N2O6S/c1-3-31-16-8-6-15(7-9-16)26-20(28)13-27-21(29)19(34-23(27)30)12-14-5-10-17(33-22(24)25)18(11-14)32-4-2/h5-12,22H,3-4,13H2,1-2H3,(H,26,28)/b19-12-. The minimum Gasteiger partial charge on any atom is -0.494 e. The van der Waals surface area contributed by atoms with Crippen LogP contribution >= 0.6 is 11.8 Å². The maximum atomic E-state index is 12.7. The second-order valence-corrected chi connectivity index (χ2v) is 7.78. The number of halogens is 2. The minimum atomic E-state index is -3.02. The van der Waals surface area contributed by atoms with Crippen LogP contribution in [-0.4, -0.2) is 48.3 Å². The Labute approximate surface area is 198 Å². The zero-order valence-corrected chi connectivity index (χ0v) is 19.2. The first kappa shape index (κ1) is 25.0. The van der Waals surface area contributed by atoms with E-state index in [-0.39, 0.29) is 23.0 Å². The van der Waals surface area contributed by atoms with Crippen LogP contribution in [0.2, 0.25) is 0 Å². The summed E-state index contributed by atoms with van der Waals surface area (Å²) in [6, 6.07) is 10.8. The van der Waals surface area contributed by atoms with Crippen molar-refractivity contribution >= 4 is 40.6 Å². The number of thioether (sulfide) groups is 1. The Morgan fingerprint density at radius 2 is 1.76 bits per heavy atom. The van der Waals surface area contributed by atoms with E-state index in [1.165, 1.54) is 24.3 Å². The molecule has 1 N–H and O–H groups in total. The molecule has 2 aromatic carbocycles. The Hall–Kier alpha value is -3.60. The van der Waals surface area contributed by atoms with Gasteiger partial charge in [-0.25, -0.2) is 0 Å². The fraction of sp³-hybridized carbons (Fsp3) is 0.261. The van der Waals surface area contributed by atoms with Crippen LogP contribution in [-0.2, 0) is 9.59 Å². The predicted molar refractivity (Wildman–Crippen MR) is 123 cm³/mol. The predicted octanol–water partition coefficient (Wildman–Crippen LogP) is 4.76. The molecular formula is C23H22F2N2O6S. The van der Waals surface area contributed by atoms with E-state index in [2.05, 4.69) is 10.1 Å². The number of hydrogen-bond acceptors (Lipinski definition) is 7. The van der Waals surface area contributed by atoms with Gasteiger partial charge in [-0.1, -0.05) is 6.07 Å². The van der Waals surface area contributed by atoms with E-state index in [0.717, 1.165) is 4.90 Å².